The highest BCUT2D eigenvalue weighted by Crippen LogP contribution is 2.38. The van der Waals surface area contributed by atoms with E-state index in [-0.39, 0.29) is 18.1 Å². The van der Waals surface area contributed by atoms with Crippen molar-refractivity contribution in [2.24, 2.45) is 0 Å². The minimum absolute atomic E-state index is 0.0932. The fraction of sp³-hybridized carbons (Fsp3) is 0.750. The highest BCUT2D eigenvalue weighted by molar-refractivity contribution is 5.92. The molecule has 2 aliphatic rings. The molecule has 1 saturated carbocycles. The Morgan fingerprint density at radius 2 is 2.14 bits per heavy atom. The molecule has 0 bridgehead atoms. The van der Waals surface area contributed by atoms with Gasteiger partial charge in [0, 0.05) is 37.3 Å². The van der Waals surface area contributed by atoms with Crippen LogP contribution in [0.2, 0.25) is 0 Å². The Kier molecular flexibility index (Phi) is 4.49. The molecule has 6 nitrogen and oxygen atoms in total. The number of nitrogens with zero attached hydrogens (tertiary/aromatic N) is 2. The quantitative estimate of drug-likeness (QED) is 0.865. The van der Waals surface area contributed by atoms with Crippen molar-refractivity contribution in [1.29, 1.82) is 0 Å². The monoisotopic (exact) mass is 306 g/mol. The van der Waals surface area contributed by atoms with Gasteiger partial charge < -0.3 is 10.1 Å². The van der Waals surface area contributed by atoms with Crippen LogP contribution in [0.15, 0.2) is 6.07 Å². The number of ether oxygens (including phenoxy) is 1. The Morgan fingerprint density at radius 1 is 1.45 bits per heavy atom. The molecule has 1 aliphatic carbocycles. The lowest BCUT2D eigenvalue weighted by atomic mass is 10.1. The zero-order valence-electron chi connectivity index (χ0n) is 13.6. The summed E-state index contributed by atoms with van der Waals surface area (Å²) in [7, 11) is 0. The zero-order chi connectivity index (χ0) is 15.7. The second-order valence-electron chi connectivity index (χ2n) is 6.75. The van der Waals surface area contributed by atoms with E-state index in [1.807, 2.05) is 6.07 Å². The molecule has 2 N–H and O–H groups in total. The number of aromatic amines is 1. The summed E-state index contributed by atoms with van der Waals surface area (Å²) in [5.41, 5.74) is 1.59. The summed E-state index contributed by atoms with van der Waals surface area (Å²) in [6, 6.07) is 2.18. The van der Waals surface area contributed by atoms with Gasteiger partial charge in [0.1, 0.15) is 5.69 Å². The minimum atomic E-state index is -0.0932. The van der Waals surface area contributed by atoms with E-state index in [2.05, 4.69) is 41.2 Å². The van der Waals surface area contributed by atoms with Crippen molar-refractivity contribution >= 4 is 5.91 Å². The number of amides is 1. The number of carbonyl (C=O) groups excluding carboxylic acids is 1. The number of hydrogen-bond acceptors (Lipinski definition) is 4. The number of carbonyl (C=O) groups is 1. The summed E-state index contributed by atoms with van der Waals surface area (Å²) in [6.45, 7) is 8.79. The molecule has 1 saturated heterocycles. The van der Waals surface area contributed by atoms with Crippen LogP contribution in [0.5, 0.6) is 0 Å². The molecule has 3 rings (SSSR count). The summed E-state index contributed by atoms with van der Waals surface area (Å²) < 4.78 is 5.75. The van der Waals surface area contributed by atoms with Crippen LogP contribution < -0.4 is 5.32 Å². The van der Waals surface area contributed by atoms with Crippen molar-refractivity contribution in [3.8, 4) is 0 Å². The largest absolute Gasteiger partial charge is 0.373 e. The first kappa shape index (κ1) is 15.5. The van der Waals surface area contributed by atoms with Gasteiger partial charge in [-0.3, -0.25) is 14.8 Å². The minimum Gasteiger partial charge on any atom is -0.373 e. The van der Waals surface area contributed by atoms with E-state index in [0.717, 1.165) is 18.8 Å². The molecular weight excluding hydrogens is 280 g/mol. The van der Waals surface area contributed by atoms with Crippen molar-refractivity contribution in [3.63, 3.8) is 0 Å². The second-order valence-corrected chi connectivity index (χ2v) is 6.75. The molecule has 2 fully saturated rings. The molecule has 122 valence electrons. The van der Waals surface area contributed by atoms with Crippen molar-refractivity contribution in [3.05, 3.63) is 17.5 Å². The molecule has 22 heavy (non-hydrogen) atoms. The standard InChI is InChI=1S/C16H26N4O2/c1-10(20-8-11(2)22-12(3)9-20)7-17-16(21)15-6-14(18-19-15)13-4-5-13/h6,10-13H,4-5,7-9H2,1-3H3,(H,17,21)(H,18,19)/t10-,11-,12-/m1/s1. The Labute approximate surface area is 131 Å². The lowest BCUT2D eigenvalue weighted by molar-refractivity contribution is -0.0778. The van der Waals surface area contributed by atoms with E-state index in [9.17, 15) is 4.79 Å². The molecule has 0 spiro atoms. The fourth-order valence-electron chi connectivity index (χ4n) is 3.09. The number of nitrogens with one attached hydrogen (secondary N) is 2. The maximum atomic E-state index is 12.2. The Morgan fingerprint density at radius 3 is 2.77 bits per heavy atom. The number of rotatable bonds is 5. The van der Waals surface area contributed by atoms with E-state index in [1.165, 1.54) is 12.8 Å². The number of hydrogen-bond donors (Lipinski definition) is 2. The van der Waals surface area contributed by atoms with Crippen molar-refractivity contribution in [2.45, 2.75) is 57.8 Å². The van der Waals surface area contributed by atoms with E-state index in [1.54, 1.807) is 0 Å². The van der Waals surface area contributed by atoms with Gasteiger partial charge in [-0.25, -0.2) is 0 Å². The van der Waals surface area contributed by atoms with Crippen LogP contribution >= 0.6 is 0 Å². The van der Waals surface area contributed by atoms with Crippen molar-refractivity contribution in [2.75, 3.05) is 19.6 Å². The number of morpholine rings is 1. The van der Waals surface area contributed by atoms with Crippen LogP contribution in [0.1, 0.15) is 55.7 Å². The van der Waals surface area contributed by atoms with Crippen LogP contribution in [-0.2, 0) is 4.74 Å². The molecule has 0 unspecified atom stereocenters. The molecule has 6 heteroatoms. The third kappa shape index (κ3) is 3.67. The second kappa shape index (κ2) is 6.38. The Bertz CT molecular complexity index is 516. The molecular formula is C16H26N4O2. The van der Waals surface area contributed by atoms with Gasteiger partial charge in [-0.15, -0.1) is 0 Å². The SMILES string of the molecule is C[C@@H]1CN([C@H](C)CNC(=O)c2cc(C3CC3)[nH]n2)C[C@@H](C)O1. The Hall–Kier alpha value is -1.40. The van der Waals surface area contributed by atoms with Gasteiger partial charge in [0.15, 0.2) is 0 Å². The first-order valence-electron chi connectivity index (χ1n) is 8.26. The van der Waals surface area contributed by atoms with Gasteiger partial charge in [0.25, 0.3) is 5.91 Å². The van der Waals surface area contributed by atoms with Crippen LogP contribution in [-0.4, -0.2) is 58.9 Å². The maximum absolute atomic E-state index is 12.2. The summed E-state index contributed by atoms with van der Waals surface area (Å²) in [5, 5.41) is 10.1. The highest BCUT2D eigenvalue weighted by atomic mass is 16.5. The molecule has 1 aromatic rings. The van der Waals surface area contributed by atoms with Gasteiger partial charge >= 0.3 is 0 Å². The lowest BCUT2D eigenvalue weighted by Gasteiger charge is -2.38. The molecule has 2 heterocycles. The first-order valence-corrected chi connectivity index (χ1v) is 8.26. The van der Waals surface area contributed by atoms with E-state index in [0.29, 0.717) is 24.2 Å². The average Bonchev–Trinajstić information content (AvgIpc) is 3.20. The smallest absolute Gasteiger partial charge is 0.271 e. The van der Waals surface area contributed by atoms with E-state index >= 15 is 0 Å². The normalized spacial score (nSPS) is 27.6. The number of H-pyrrole nitrogens is 1. The molecule has 0 radical (unpaired) electrons. The topological polar surface area (TPSA) is 70.2 Å². The third-order valence-corrected chi connectivity index (χ3v) is 4.48. The highest BCUT2D eigenvalue weighted by Gasteiger charge is 2.28. The molecule has 1 aliphatic heterocycles. The van der Waals surface area contributed by atoms with Crippen molar-refractivity contribution in [1.82, 2.24) is 20.4 Å². The molecule has 3 atom stereocenters. The van der Waals surface area contributed by atoms with Crippen LogP contribution in [0.3, 0.4) is 0 Å². The average molecular weight is 306 g/mol. The predicted octanol–water partition coefficient (Wildman–Crippen LogP) is 1.51. The molecule has 0 aromatic carbocycles. The van der Waals surface area contributed by atoms with Gasteiger partial charge in [-0.2, -0.15) is 5.10 Å². The number of aromatic nitrogens is 2. The molecule has 1 aromatic heterocycles. The van der Waals surface area contributed by atoms with Gasteiger partial charge in [-0.05, 0) is 39.7 Å². The van der Waals surface area contributed by atoms with E-state index in [4.69, 9.17) is 4.74 Å². The van der Waals surface area contributed by atoms with Crippen LogP contribution in [0.25, 0.3) is 0 Å². The predicted molar refractivity (Wildman–Crippen MR) is 83.9 cm³/mol. The fourth-order valence-corrected chi connectivity index (χ4v) is 3.09. The maximum Gasteiger partial charge on any atom is 0.271 e. The summed E-state index contributed by atoms with van der Waals surface area (Å²) in [6.07, 6.45) is 2.89. The third-order valence-electron chi connectivity index (χ3n) is 4.48. The summed E-state index contributed by atoms with van der Waals surface area (Å²) in [4.78, 5) is 14.6. The van der Waals surface area contributed by atoms with Gasteiger partial charge in [0.2, 0.25) is 0 Å². The van der Waals surface area contributed by atoms with Gasteiger partial charge in [-0.1, -0.05) is 0 Å². The summed E-state index contributed by atoms with van der Waals surface area (Å²) >= 11 is 0. The van der Waals surface area contributed by atoms with Gasteiger partial charge in [0.05, 0.1) is 12.2 Å². The lowest BCUT2D eigenvalue weighted by Crippen LogP contribution is -2.52. The zero-order valence-corrected chi connectivity index (χ0v) is 13.6. The molecule has 1 amide bonds. The van der Waals surface area contributed by atoms with E-state index < -0.39 is 0 Å². The van der Waals surface area contributed by atoms with Crippen LogP contribution in [0.4, 0.5) is 0 Å². The van der Waals surface area contributed by atoms with Crippen molar-refractivity contribution < 1.29 is 9.53 Å². The first-order chi connectivity index (χ1) is 10.5. The van der Waals surface area contributed by atoms with Crippen LogP contribution in [0, 0.1) is 0 Å². The summed E-state index contributed by atoms with van der Waals surface area (Å²) in [5.74, 6) is 0.494. The Balaban J connectivity index is 1.49.